The highest BCUT2D eigenvalue weighted by atomic mass is 16.5. The first-order chi connectivity index (χ1) is 11.7. The third-order valence-corrected chi connectivity index (χ3v) is 3.93. The number of aromatic nitrogens is 2. The van der Waals surface area contributed by atoms with Gasteiger partial charge < -0.3 is 20.5 Å². The lowest BCUT2D eigenvalue weighted by atomic mass is 10.1. The van der Waals surface area contributed by atoms with Crippen molar-refractivity contribution in [3.8, 4) is 0 Å². The van der Waals surface area contributed by atoms with Crippen LogP contribution in [0.4, 0.5) is 10.5 Å². The molecular formula is C17H22N4O3. The van der Waals surface area contributed by atoms with E-state index in [4.69, 9.17) is 9.84 Å². The molecule has 1 aliphatic heterocycles. The second kappa shape index (κ2) is 7.94. The summed E-state index contributed by atoms with van der Waals surface area (Å²) in [5.41, 5.74) is 2.41. The normalized spacial score (nSPS) is 17.0. The van der Waals surface area contributed by atoms with Crippen molar-refractivity contribution in [1.82, 2.24) is 15.1 Å². The van der Waals surface area contributed by atoms with Gasteiger partial charge in [0.2, 0.25) is 0 Å². The maximum Gasteiger partial charge on any atom is 0.319 e. The Balaban J connectivity index is 1.46. The van der Waals surface area contributed by atoms with Gasteiger partial charge in [0, 0.05) is 19.3 Å². The molecule has 0 saturated carbocycles. The zero-order chi connectivity index (χ0) is 16.8. The number of nitrogens with zero attached hydrogens (tertiary/aromatic N) is 2. The molecular weight excluding hydrogens is 308 g/mol. The number of benzene rings is 1. The minimum Gasteiger partial charge on any atom is -0.392 e. The first kappa shape index (κ1) is 16.5. The number of aliphatic hydroxyl groups is 1. The molecule has 3 rings (SSSR count). The van der Waals surface area contributed by atoms with E-state index < -0.39 is 0 Å². The van der Waals surface area contributed by atoms with Crippen LogP contribution < -0.4 is 10.6 Å². The molecule has 7 nitrogen and oxygen atoms in total. The number of amides is 2. The summed E-state index contributed by atoms with van der Waals surface area (Å²) in [6, 6.07) is 7.17. The average molecular weight is 330 g/mol. The Morgan fingerprint density at radius 1 is 1.42 bits per heavy atom. The summed E-state index contributed by atoms with van der Waals surface area (Å²) in [7, 11) is 0. The minimum atomic E-state index is -0.291. The van der Waals surface area contributed by atoms with Crippen molar-refractivity contribution in [3.63, 3.8) is 0 Å². The molecule has 1 aromatic carbocycles. The fourth-order valence-corrected chi connectivity index (χ4v) is 2.72. The van der Waals surface area contributed by atoms with Crippen LogP contribution in [0, 0.1) is 0 Å². The van der Waals surface area contributed by atoms with Crippen LogP contribution in [-0.2, 0) is 24.4 Å². The van der Waals surface area contributed by atoms with Gasteiger partial charge >= 0.3 is 6.03 Å². The van der Waals surface area contributed by atoms with E-state index in [9.17, 15) is 4.79 Å². The lowest BCUT2D eigenvalue weighted by molar-refractivity contribution is 0.0940. The van der Waals surface area contributed by atoms with Gasteiger partial charge in [0.15, 0.2) is 0 Å². The molecule has 128 valence electrons. The van der Waals surface area contributed by atoms with Crippen LogP contribution >= 0.6 is 0 Å². The van der Waals surface area contributed by atoms with Crippen molar-refractivity contribution < 1.29 is 14.6 Å². The second-order valence-corrected chi connectivity index (χ2v) is 5.87. The van der Waals surface area contributed by atoms with Crippen LogP contribution in [0.25, 0.3) is 0 Å². The zero-order valence-electron chi connectivity index (χ0n) is 13.4. The maximum absolute atomic E-state index is 12.0. The summed E-state index contributed by atoms with van der Waals surface area (Å²) in [4.78, 5) is 12.0. The number of nitrogens with one attached hydrogen (secondary N) is 2. The first-order valence-electron chi connectivity index (χ1n) is 8.10. The smallest absolute Gasteiger partial charge is 0.319 e. The van der Waals surface area contributed by atoms with Gasteiger partial charge in [0.25, 0.3) is 0 Å². The van der Waals surface area contributed by atoms with Crippen LogP contribution in [0.2, 0.25) is 0 Å². The molecule has 0 aliphatic carbocycles. The standard InChI is InChI=1S/C17H22N4O3/c22-12-14-4-1-3-13(7-14)8-18-17(23)20-15-9-19-21(10-15)11-16-5-2-6-24-16/h1,3-4,7,9-10,16,22H,2,5-6,8,11-12H2,(H2,18,20,23). The predicted molar refractivity (Wildman–Crippen MR) is 89.4 cm³/mol. The van der Waals surface area contributed by atoms with Crippen molar-refractivity contribution in [3.05, 3.63) is 47.8 Å². The molecule has 0 bridgehead atoms. The van der Waals surface area contributed by atoms with Gasteiger partial charge in [-0.2, -0.15) is 5.10 Å². The van der Waals surface area contributed by atoms with Gasteiger partial charge in [-0.3, -0.25) is 4.68 Å². The van der Waals surface area contributed by atoms with E-state index in [-0.39, 0.29) is 18.7 Å². The molecule has 7 heteroatoms. The molecule has 2 heterocycles. The minimum absolute atomic E-state index is 0.00999. The Hall–Kier alpha value is -2.38. The van der Waals surface area contributed by atoms with E-state index in [1.807, 2.05) is 24.3 Å². The summed E-state index contributed by atoms with van der Waals surface area (Å²) in [6.07, 6.45) is 5.78. The van der Waals surface area contributed by atoms with E-state index >= 15 is 0 Å². The van der Waals surface area contributed by atoms with Crippen molar-refractivity contribution in [2.75, 3.05) is 11.9 Å². The van der Waals surface area contributed by atoms with Gasteiger partial charge in [-0.05, 0) is 24.0 Å². The number of hydrogen-bond acceptors (Lipinski definition) is 4. The molecule has 1 aliphatic rings. The van der Waals surface area contributed by atoms with Gasteiger partial charge in [0.1, 0.15) is 0 Å². The Morgan fingerprint density at radius 3 is 3.08 bits per heavy atom. The summed E-state index contributed by atoms with van der Waals surface area (Å²) < 4.78 is 7.36. The van der Waals surface area contributed by atoms with Crippen molar-refractivity contribution in [2.45, 2.75) is 38.6 Å². The van der Waals surface area contributed by atoms with E-state index in [1.54, 1.807) is 17.1 Å². The molecule has 1 atom stereocenters. The fraction of sp³-hybridized carbons (Fsp3) is 0.412. The van der Waals surface area contributed by atoms with Gasteiger partial charge in [-0.15, -0.1) is 0 Å². The van der Waals surface area contributed by atoms with Crippen LogP contribution in [0.5, 0.6) is 0 Å². The third kappa shape index (κ3) is 4.56. The highest BCUT2D eigenvalue weighted by Gasteiger charge is 2.16. The summed E-state index contributed by atoms with van der Waals surface area (Å²) in [6.45, 7) is 1.90. The molecule has 0 radical (unpaired) electrons. The molecule has 1 fully saturated rings. The summed E-state index contributed by atoms with van der Waals surface area (Å²) in [5, 5.41) is 18.9. The molecule has 3 N–H and O–H groups in total. The van der Waals surface area contributed by atoms with Crippen LogP contribution in [0.15, 0.2) is 36.7 Å². The average Bonchev–Trinajstić information content (AvgIpc) is 3.26. The molecule has 2 amide bonds. The second-order valence-electron chi connectivity index (χ2n) is 5.87. The highest BCUT2D eigenvalue weighted by Crippen LogP contribution is 2.15. The summed E-state index contributed by atoms with van der Waals surface area (Å²) >= 11 is 0. The Kier molecular flexibility index (Phi) is 5.45. The van der Waals surface area contributed by atoms with E-state index in [1.165, 1.54) is 0 Å². The van der Waals surface area contributed by atoms with Gasteiger partial charge in [-0.1, -0.05) is 24.3 Å². The van der Waals surface area contributed by atoms with Crippen molar-refractivity contribution in [1.29, 1.82) is 0 Å². The number of anilines is 1. The van der Waals surface area contributed by atoms with Gasteiger partial charge in [0.05, 0.1) is 31.1 Å². The molecule has 1 unspecified atom stereocenters. The largest absolute Gasteiger partial charge is 0.392 e. The van der Waals surface area contributed by atoms with Crippen molar-refractivity contribution in [2.24, 2.45) is 0 Å². The highest BCUT2D eigenvalue weighted by molar-refractivity contribution is 5.88. The quantitative estimate of drug-likeness (QED) is 0.754. The number of rotatable bonds is 6. The Bertz CT molecular complexity index is 680. The number of carbonyl (C=O) groups is 1. The fourth-order valence-electron chi connectivity index (χ4n) is 2.72. The number of hydrogen-bond donors (Lipinski definition) is 3. The van der Waals surface area contributed by atoms with Crippen LogP contribution in [0.1, 0.15) is 24.0 Å². The monoisotopic (exact) mass is 330 g/mol. The van der Waals surface area contributed by atoms with E-state index in [0.29, 0.717) is 18.8 Å². The molecule has 1 saturated heterocycles. The van der Waals surface area contributed by atoms with Crippen LogP contribution in [0.3, 0.4) is 0 Å². The lowest BCUT2D eigenvalue weighted by Crippen LogP contribution is -2.28. The topological polar surface area (TPSA) is 88.4 Å². The lowest BCUT2D eigenvalue weighted by Gasteiger charge is -2.09. The van der Waals surface area contributed by atoms with Crippen LogP contribution in [-0.4, -0.2) is 33.6 Å². The predicted octanol–water partition coefficient (Wildman–Crippen LogP) is 1.88. The molecule has 24 heavy (non-hydrogen) atoms. The zero-order valence-corrected chi connectivity index (χ0v) is 13.4. The Morgan fingerprint density at radius 2 is 2.29 bits per heavy atom. The number of urea groups is 1. The number of ether oxygens (including phenoxy) is 1. The van der Waals surface area contributed by atoms with E-state index in [0.717, 1.165) is 30.6 Å². The molecule has 1 aromatic heterocycles. The maximum atomic E-state index is 12.0. The third-order valence-electron chi connectivity index (χ3n) is 3.93. The molecule has 2 aromatic rings. The van der Waals surface area contributed by atoms with Gasteiger partial charge in [-0.25, -0.2) is 4.79 Å². The SMILES string of the molecule is O=C(NCc1cccc(CO)c1)Nc1cnn(CC2CCCO2)c1. The molecule has 0 spiro atoms. The van der Waals surface area contributed by atoms with Crippen molar-refractivity contribution >= 4 is 11.7 Å². The Labute approximate surface area is 140 Å². The number of carbonyl (C=O) groups excluding carboxylic acids is 1. The number of aliphatic hydroxyl groups excluding tert-OH is 1. The first-order valence-corrected chi connectivity index (χ1v) is 8.10. The van der Waals surface area contributed by atoms with E-state index in [2.05, 4.69) is 15.7 Å². The summed E-state index contributed by atoms with van der Waals surface area (Å²) in [5.74, 6) is 0.